The first kappa shape index (κ1) is 8.20. The number of hydrogen-bond acceptors (Lipinski definition) is 2. The van der Waals surface area contributed by atoms with Crippen LogP contribution in [0.15, 0.2) is 23.3 Å². The highest BCUT2D eigenvalue weighted by atomic mass is 79.9. The van der Waals surface area contributed by atoms with Crippen molar-refractivity contribution in [3.63, 3.8) is 0 Å². The van der Waals surface area contributed by atoms with Crippen molar-refractivity contribution in [1.82, 2.24) is 9.97 Å². The number of alkyl halides is 1. The topological polar surface area (TPSA) is 45.8 Å². The molecule has 0 aliphatic carbocycles. The van der Waals surface area contributed by atoms with Gasteiger partial charge in [-0.3, -0.25) is 4.79 Å². The third-order valence-corrected chi connectivity index (χ3v) is 1.44. The quantitative estimate of drug-likeness (QED) is 0.752. The third-order valence-electron chi connectivity index (χ3n) is 1.07. The maximum absolute atomic E-state index is 10.5. The standard InChI is InChI=1S/C7H7BrN2O/c8-3-1-2-6-4-10-7(11)5-9-6/h1-2,4-5H,3H2,(H,10,11). The Hall–Kier alpha value is -0.900. The molecule has 0 saturated heterocycles. The van der Waals surface area contributed by atoms with Crippen LogP contribution in [0.5, 0.6) is 0 Å². The van der Waals surface area contributed by atoms with Crippen LogP contribution in [-0.4, -0.2) is 15.3 Å². The van der Waals surface area contributed by atoms with Crippen LogP contribution < -0.4 is 5.56 Å². The minimum Gasteiger partial charge on any atom is -0.326 e. The van der Waals surface area contributed by atoms with Crippen molar-refractivity contribution in [3.8, 4) is 0 Å². The Labute approximate surface area is 72.3 Å². The molecule has 1 aromatic rings. The van der Waals surface area contributed by atoms with Crippen molar-refractivity contribution in [3.05, 3.63) is 34.5 Å². The molecule has 4 heteroatoms. The first-order valence-corrected chi connectivity index (χ1v) is 4.22. The SMILES string of the molecule is O=c1cnc(C=CCBr)c[nH]1. The number of halogens is 1. The minimum atomic E-state index is -0.180. The van der Waals surface area contributed by atoms with Gasteiger partial charge in [0.25, 0.3) is 5.56 Å². The molecule has 0 saturated carbocycles. The average Bonchev–Trinajstić information content (AvgIpc) is 2.04. The molecule has 0 spiro atoms. The van der Waals surface area contributed by atoms with Gasteiger partial charge in [0.2, 0.25) is 0 Å². The Morgan fingerprint density at radius 1 is 1.73 bits per heavy atom. The van der Waals surface area contributed by atoms with E-state index in [4.69, 9.17) is 0 Å². The van der Waals surface area contributed by atoms with E-state index >= 15 is 0 Å². The van der Waals surface area contributed by atoms with E-state index in [0.717, 1.165) is 11.0 Å². The molecular formula is C7H7BrN2O. The molecule has 0 fully saturated rings. The molecule has 0 aromatic carbocycles. The Morgan fingerprint density at radius 3 is 3.09 bits per heavy atom. The first-order valence-electron chi connectivity index (χ1n) is 3.10. The summed E-state index contributed by atoms with van der Waals surface area (Å²) in [6, 6.07) is 0. The fraction of sp³-hybridized carbons (Fsp3) is 0.143. The Morgan fingerprint density at radius 2 is 2.55 bits per heavy atom. The third kappa shape index (κ3) is 2.67. The largest absolute Gasteiger partial charge is 0.326 e. The van der Waals surface area contributed by atoms with Gasteiger partial charge in [-0.25, -0.2) is 4.98 Å². The summed E-state index contributed by atoms with van der Waals surface area (Å²) in [6.45, 7) is 0. The number of hydrogen-bond donors (Lipinski definition) is 1. The second kappa shape index (κ2) is 4.08. The molecule has 0 aliphatic rings. The number of nitrogens with one attached hydrogen (secondary N) is 1. The van der Waals surface area contributed by atoms with Crippen molar-refractivity contribution >= 4 is 22.0 Å². The highest BCUT2D eigenvalue weighted by molar-refractivity contribution is 9.09. The van der Waals surface area contributed by atoms with Crippen LogP contribution in [0.2, 0.25) is 0 Å². The molecule has 0 amide bonds. The molecule has 3 nitrogen and oxygen atoms in total. The van der Waals surface area contributed by atoms with Crippen LogP contribution in [0.25, 0.3) is 6.08 Å². The number of rotatable bonds is 2. The lowest BCUT2D eigenvalue weighted by atomic mass is 10.4. The number of aromatic amines is 1. The van der Waals surface area contributed by atoms with Crippen LogP contribution in [0.4, 0.5) is 0 Å². The van der Waals surface area contributed by atoms with Gasteiger partial charge >= 0.3 is 0 Å². The van der Waals surface area contributed by atoms with E-state index in [1.54, 1.807) is 6.20 Å². The Bertz CT molecular complexity index is 285. The molecule has 58 valence electrons. The summed E-state index contributed by atoms with van der Waals surface area (Å²) >= 11 is 3.23. The van der Waals surface area contributed by atoms with Crippen molar-refractivity contribution in [1.29, 1.82) is 0 Å². The van der Waals surface area contributed by atoms with Gasteiger partial charge in [-0.1, -0.05) is 22.0 Å². The fourth-order valence-electron chi connectivity index (χ4n) is 0.609. The van der Waals surface area contributed by atoms with Gasteiger partial charge in [0.1, 0.15) is 0 Å². The highest BCUT2D eigenvalue weighted by Crippen LogP contribution is 1.92. The van der Waals surface area contributed by atoms with Gasteiger partial charge in [-0.05, 0) is 6.08 Å². The number of H-pyrrole nitrogens is 1. The van der Waals surface area contributed by atoms with Gasteiger partial charge in [0.15, 0.2) is 0 Å². The van der Waals surface area contributed by atoms with E-state index in [1.807, 2.05) is 12.2 Å². The van der Waals surface area contributed by atoms with Crippen molar-refractivity contribution < 1.29 is 0 Å². The van der Waals surface area contributed by atoms with Crippen molar-refractivity contribution in [2.24, 2.45) is 0 Å². The summed E-state index contributed by atoms with van der Waals surface area (Å²) in [5.41, 5.74) is 0.574. The summed E-state index contributed by atoms with van der Waals surface area (Å²) in [5.74, 6) is 0. The number of nitrogens with zero attached hydrogens (tertiary/aromatic N) is 1. The van der Waals surface area contributed by atoms with Crippen LogP contribution in [0.3, 0.4) is 0 Å². The maximum Gasteiger partial charge on any atom is 0.266 e. The van der Waals surface area contributed by atoms with Crippen molar-refractivity contribution in [2.45, 2.75) is 0 Å². The minimum absolute atomic E-state index is 0.180. The van der Waals surface area contributed by atoms with Crippen LogP contribution in [0, 0.1) is 0 Å². The zero-order valence-corrected chi connectivity index (χ0v) is 7.34. The Kier molecular flexibility index (Phi) is 3.04. The van der Waals surface area contributed by atoms with E-state index in [0.29, 0.717) is 0 Å². The van der Waals surface area contributed by atoms with E-state index in [-0.39, 0.29) is 5.56 Å². The predicted molar refractivity (Wildman–Crippen MR) is 47.7 cm³/mol. The molecule has 0 bridgehead atoms. The molecule has 0 atom stereocenters. The molecule has 1 N–H and O–H groups in total. The average molecular weight is 215 g/mol. The molecule has 0 unspecified atom stereocenters. The van der Waals surface area contributed by atoms with Gasteiger partial charge < -0.3 is 4.98 Å². The van der Waals surface area contributed by atoms with Crippen LogP contribution >= 0.6 is 15.9 Å². The lowest BCUT2D eigenvalue weighted by Crippen LogP contribution is -2.04. The molecule has 1 heterocycles. The summed E-state index contributed by atoms with van der Waals surface area (Å²) in [4.78, 5) is 16.9. The monoisotopic (exact) mass is 214 g/mol. The maximum atomic E-state index is 10.5. The molecular weight excluding hydrogens is 208 g/mol. The summed E-state index contributed by atoms with van der Waals surface area (Å²) < 4.78 is 0. The highest BCUT2D eigenvalue weighted by Gasteiger charge is 1.85. The zero-order chi connectivity index (χ0) is 8.10. The first-order chi connectivity index (χ1) is 5.33. The molecule has 0 aliphatic heterocycles. The van der Waals surface area contributed by atoms with E-state index in [9.17, 15) is 4.79 Å². The lowest BCUT2D eigenvalue weighted by molar-refractivity contribution is 1.12. The molecule has 1 rings (SSSR count). The normalized spacial score (nSPS) is 10.6. The van der Waals surface area contributed by atoms with E-state index in [2.05, 4.69) is 25.9 Å². The second-order valence-electron chi connectivity index (χ2n) is 1.89. The van der Waals surface area contributed by atoms with E-state index < -0.39 is 0 Å². The molecule has 1 aromatic heterocycles. The Balaban J connectivity index is 2.82. The summed E-state index contributed by atoms with van der Waals surface area (Å²) in [5, 5.41) is 0.786. The lowest BCUT2D eigenvalue weighted by Gasteiger charge is -1.87. The molecule has 0 radical (unpaired) electrons. The fourth-order valence-corrected chi connectivity index (χ4v) is 0.796. The zero-order valence-electron chi connectivity index (χ0n) is 5.75. The smallest absolute Gasteiger partial charge is 0.266 e. The van der Waals surface area contributed by atoms with Crippen molar-refractivity contribution in [2.75, 3.05) is 5.33 Å². The second-order valence-corrected chi connectivity index (χ2v) is 2.54. The van der Waals surface area contributed by atoms with Gasteiger partial charge in [0, 0.05) is 11.5 Å². The summed E-state index contributed by atoms with van der Waals surface area (Å²) in [7, 11) is 0. The molecule has 11 heavy (non-hydrogen) atoms. The van der Waals surface area contributed by atoms with Crippen LogP contribution in [-0.2, 0) is 0 Å². The number of aromatic nitrogens is 2. The van der Waals surface area contributed by atoms with E-state index in [1.165, 1.54) is 6.20 Å². The predicted octanol–water partition coefficient (Wildman–Crippen LogP) is 1.18. The van der Waals surface area contributed by atoms with Crippen LogP contribution in [0.1, 0.15) is 5.69 Å². The van der Waals surface area contributed by atoms with Gasteiger partial charge in [-0.2, -0.15) is 0 Å². The number of allylic oxidation sites excluding steroid dienone is 1. The summed E-state index contributed by atoms with van der Waals surface area (Å²) in [6.07, 6.45) is 6.56. The van der Waals surface area contributed by atoms with Gasteiger partial charge in [-0.15, -0.1) is 0 Å². The van der Waals surface area contributed by atoms with Gasteiger partial charge in [0.05, 0.1) is 11.9 Å².